The molecule has 74 valence electrons. The van der Waals surface area contributed by atoms with Crippen molar-refractivity contribution in [2.24, 2.45) is 0 Å². The average molecular weight is 218 g/mol. The van der Waals surface area contributed by atoms with Crippen LogP contribution in [0.5, 0.6) is 0 Å². The number of allylic oxidation sites excluding steroid dienone is 1. The highest BCUT2D eigenvalue weighted by Gasteiger charge is 2.20. The van der Waals surface area contributed by atoms with Crippen LogP contribution in [-0.2, 0) is 9.53 Å². The van der Waals surface area contributed by atoms with E-state index in [0.717, 1.165) is 29.9 Å². The molecule has 0 atom stereocenters. The van der Waals surface area contributed by atoms with Gasteiger partial charge in [-0.15, -0.1) is 24.4 Å². The first kappa shape index (κ1) is 11.0. The first-order valence-electron chi connectivity index (χ1n) is 4.47. The van der Waals surface area contributed by atoms with Crippen LogP contribution in [0.1, 0.15) is 26.2 Å². The number of hydrogen-bond acceptors (Lipinski definition) is 4. The fraction of sp³-hybridized carbons (Fsp3) is 0.667. The normalized spacial score (nSPS) is 16.5. The molecule has 4 heteroatoms. The molecule has 0 unspecified atom stereocenters. The van der Waals surface area contributed by atoms with Crippen LogP contribution in [0.2, 0.25) is 0 Å². The molecule has 0 aromatic rings. The summed E-state index contributed by atoms with van der Waals surface area (Å²) in [6.45, 7) is 2.60. The third kappa shape index (κ3) is 3.27. The Labute approximate surface area is 88.5 Å². The molecule has 2 nitrogen and oxygen atoms in total. The van der Waals surface area contributed by atoms with Crippen LogP contribution in [0.15, 0.2) is 9.81 Å². The Balaban J connectivity index is 2.35. The summed E-state index contributed by atoms with van der Waals surface area (Å²) in [5.41, 5.74) is 0. The van der Waals surface area contributed by atoms with Crippen molar-refractivity contribution in [3.05, 3.63) is 9.81 Å². The maximum absolute atomic E-state index is 11.4. The lowest BCUT2D eigenvalue weighted by Crippen LogP contribution is -2.06. The summed E-state index contributed by atoms with van der Waals surface area (Å²) < 4.78 is 5.07. The number of unbranched alkanes of at least 4 members (excludes halogenated alkanes) is 1. The summed E-state index contributed by atoms with van der Waals surface area (Å²) in [6, 6.07) is 0. The molecule has 0 amide bonds. The highest BCUT2D eigenvalue weighted by molar-refractivity contribution is 8.05. The monoisotopic (exact) mass is 218 g/mol. The molecule has 0 N–H and O–H groups in total. The minimum absolute atomic E-state index is 0.194. The van der Waals surface area contributed by atoms with Gasteiger partial charge in [-0.05, 0) is 12.8 Å². The molecule has 1 aliphatic heterocycles. The van der Waals surface area contributed by atoms with E-state index in [1.54, 1.807) is 11.8 Å². The zero-order chi connectivity index (χ0) is 9.68. The van der Waals surface area contributed by atoms with Gasteiger partial charge in [0.25, 0.3) is 0 Å². The fourth-order valence-electron chi connectivity index (χ4n) is 0.998. The third-order valence-electron chi connectivity index (χ3n) is 1.76. The molecule has 0 fully saturated rings. The van der Waals surface area contributed by atoms with Gasteiger partial charge in [-0.3, -0.25) is 0 Å². The van der Waals surface area contributed by atoms with Gasteiger partial charge in [0.1, 0.15) is 4.91 Å². The second-order valence-electron chi connectivity index (χ2n) is 2.86. The molecule has 13 heavy (non-hydrogen) atoms. The molecule has 0 aromatic heterocycles. The Hall–Kier alpha value is -0.0900. The molecule has 0 radical (unpaired) electrons. The summed E-state index contributed by atoms with van der Waals surface area (Å²) in [4.78, 5) is 13.0. The standard InChI is InChI=1S/C9H14O2S2/c1-2-3-5-11-9(10)8-7(12)4-6-13-8/h12H,2-6H2,1H3. The first-order chi connectivity index (χ1) is 6.25. The number of hydrogen-bond donors (Lipinski definition) is 1. The zero-order valence-electron chi connectivity index (χ0n) is 7.71. The Morgan fingerprint density at radius 2 is 2.46 bits per heavy atom. The van der Waals surface area contributed by atoms with Gasteiger partial charge >= 0.3 is 5.97 Å². The Kier molecular flexibility index (Phi) is 4.73. The smallest absolute Gasteiger partial charge is 0.345 e. The predicted octanol–water partition coefficient (Wildman–Crippen LogP) is 2.61. The summed E-state index contributed by atoms with van der Waals surface area (Å²) in [5, 5.41) is 0. The lowest BCUT2D eigenvalue weighted by Gasteiger charge is -2.03. The Morgan fingerprint density at radius 3 is 3.00 bits per heavy atom. The van der Waals surface area contributed by atoms with Crippen molar-refractivity contribution in [3.8, 4) is 0 Å². The number of carbonyl (C=O) groups is 1. The van der Waals surface area contributed by atoms with Gasteiger partial charge in [-0.25, -0.2) is 4.79 Å². The molecule has 1 aliphatic rings. The maximum atomic E-state index is 11.4. The van der Waals surface area contributed by atoms with E-state index in [0.29, 0.717) is 11.5 Å². The summed E-state index contributed by atoms with van der Waals surface area (Å²) in [7, 11) is 0. The molecule has 0 saturated heterocycles. The van der Waals surface area contributed by atoms with Crippen LogP contribution < -0.4 is 0 Å². The van der Waals surface area contributed by atoms with Gasteiger partial charge in [-0.1, -0.05) is 13.3 Å². The van der Waals surface area contributed by atoms with Gasteiger partial charge in [-0.2, -0.15) is 0 Å². The molecule has 0 spiro atoms. The first-order valence-corrected chi connectivity index (χ1v) is 5.91. The van der Waals surface area contributed by atoms with Gasteiger partial charge in [0.05, 0.1) is 6.61 Å². The Morgan fingerprint density at radius 1 is 1.69 bits per heavy atom. The van der Waals surface area contributed by atoms with Gasteiger partial charge in [0, 0.05) is 10.7 Å². The average Bonchev–Trinajstić information content (AvgIpc) is 2.52. The van der Waals surface area contributed by atoms with Crippen molar-refractivity contribution in [1.82, 2.24) is 0 Å². The van der Waals surface area contributed by atoms with Crippen molar-refractivity contribution >= 4 is 30.4 Å². The number of rotatable bonds is 4. The zero-order valence-corrected chi connectivity index (χ0v) is 9.42. The van der Waals surface area contributed by atoms with E-state index in [4.69, 9.17) is 4.74 Å². The van der Waals surface area contributed by atoms with Crippen LogP contribution in [0.25, 0.3) is 0 Å². The highest BCUT2D eigenvalue weighted by atomic mass is 32.2. The van der Waals surface area contributed by atoms with Crippen LogP contribution in [0.4, 0.5) is 0 Å². The molecular weight excluding hydrogens is 204 g/mol. The van der Waals surface area contributed by atoms with Gasteiger partial charge in [0.2, 0.25) is 0 Å². The maximum Gasteiger partial charge on any atom is 0.345 e. The largest absolute Gasteiger partial charge is 0.462 e. The van der Waals surface area contributed by atoms with Crippen molar-refractivity contribution in [1.29, 1.82) is 0 Å². The van der Waals surface area contributed by atoms with Crippen LogP contribution in [-0.4, -0.2) is 18.3 Å². The highest BCUT2D eigenvalue weighted by Crippen LogP contribution is 2.34. The Bertz CT molecular complexity index is 224. The second kappa shape index (κ2) is 5.60. The van der Waals surface area contributed by atoms with Crippen molar-refractivity contribution in [2.75, 3.05) is 12.4 Å². The van der Waals surface area contributed by atoms with E-state index in [-0.39, 0.29) is 5.97 Å². The fourth-order valence-corrected chi connectivity index (χ4v) is 2.50. The molecule has 0 bridgehead atoms. The molecule has 0 aromatic carbocycles. The summed E-state index contributed by atoms with van der Waals surface area (Å²) in [6.07, 6.45) is 2.88. The van der Waals surface area contributed by atoms with Crippen molar-refractivity contribution in [3.63, 3.8) is 0 Å². The lowest BCUT2D eigenvalue weighted by molar-refractivity contribution is -0.138. The molecule has 1 rings (SSSR count). The van der Waals surface area contributed by atoms with Gasteiger partial charge < -0.3 is 4.74 Å². The number of thiol groups is 1. The minimum Gasteiger partial charge on any atom is -0.462 e. The van der Waals surface area contributed by atoms with Crippen LogP contribution in [0.3, 0.4) is 0 Å². The van der Waals surface area contributed by atoms with Gasteiger partial charge in [0.15, 0.2) is 0 Å². The molecule has 1 heterocycles. The van der Waals surface area contributed by atoms with Crippen LogP contribution >= 0.6 is 24.4 Å². The number of esters is 1. The lowest BCUT2D eigenvalue weighted by atomic mass is 10.3. The van der Waals surface area contributed by atoms with Crippen molar-refractivity contribution in [2.45, 2.75) is 26.2 Å². The predicted molar refractivity (Wildman–Crippen MR) is 59.0 cm³/mol. The molecular formula is C9H14O2S2. The summed E-state index contributed by atoms with van der Waals surface area (Å²) in [5.74, 6) is 0.762. The second-order valence-corrected chi connectivity index (χ2v) is 4.51. The van der Waals surface area contributed by atoms with E-state index in [9.17, 15) is 4.79 Å². The minimum atomic E-state index is -0.194. The number of ether oxygens (including phenoxy) is 1. The SMILES string of the molecule is CCCCOC(=O)C1=C(S)CCS1. The van der Waals surface area contributed by atoms with Crippen molar-refractivity contribution < 1.29 is 9.53 Å². The number of carbonyl (C=O) groups excluding carboxylic acids is 1. The summed E-state index contributed by atoms with van der Waals surface area (Å²) >= 11 is 5.78. The van der Waals surface area contributed by atoms with E-state index in [2.05, 4.69) is 19.6 Å². The van der Waals surface area contributed by atoms with E-state index in [1.165, 1.54) is 0 Å². The quantitative estimate of drug-likeness (QED) is 0.446. The van der Waals surface area contributed by atoms with E-state index >= 15 is 0 Å². The molecule has 0 aliphatic carbocycles. The third-order valence-corrected chi connectivity index (χ3v) is 3.47. The number of thioether (sulfide) groups is 1. The van der Waals surface area contributed by atoms with E-state index < -0.39 is 0 Å². The van der Waals surface area contributed by atoms with Crippen LogP contribution in [0, 0.1) is 0 Å². The topological polar surface area (TPSA) is 26.3 Å². The molecule has 0 saturated carbocycles. The van der Waals surface area contributed by atoms with E-state index in [1.807, 2.05) is 0 Å².